The van der Waals surface area contributed by atoms with Gasteiger partial charge in [0.1, 0.15) is 5.75 Å². The van der Waals surface area contributed by atoms with Crippen LogP contribution in [0.1, 0.15) is 75.8 Å². The molecule has 2 N–H and O–H groups in total. The predicted molar refractivity (Wildman–Crippen MR) is 99.4 cm³/mol. The van der Waals surface area contributed by atoms with E-state index < -0.39 is 0 Å². The first kappa shape index (κ1) is 16.4. The number of aryl methyl sites for hydroxylation is 1. The number of rotatable bonds is 4. The summed E-state index contributed by atoms with van der Waals surface area (Å²) in [5.74, 6) is 2.92. The number of phenolic OH excluding ortho intramolecular Hbond substituents is 1. The van der Waals surface area contributed by atoms with Crippen molar-refractivity contribution in [2.75, 3.05) is 6.54 Å². The highest BCUT2D eigenvalue weighted by Crippen LogP contribution is 2.60. The molecule has 0 amide bonds. The van der Waals surface area contributed by atoms with Gasteiger partial charge in [0.15, 0.2) is 0 Å². The summed E-state index contributed by atoms with van der Waals surface area (Å²) in [7, 11) is 0. The van der Waals surface area contributed by atoms with Crippen LogP contribution in [-0.4, -0.2) is 17.7 Å². The van der Waals surface area contributed by atoms with E-state index in [0.29, 0.717) is 11.2 Å². The van der Waals surface area contributed by atoms with Crippen LogP contribution in [0.4, 0.5) is 0 Å². The number of aromatic hydroxyl groups is 1. The van der Waals surface area contributed by atoms with Crippen molar-refractivity contribution in [3.8, 4) is 5.75 Å². The Hall–Kier alpha value is -1.02. The fraction of sp³-hybridized carbons (Fsp3) is 0.727. The van der Waals surface area contributed by atoms with Crippen LogP contribution in [0, 0.1) is 17.3 Å². The van der Waals surface area contributed by atoms with Gasteiger partial charge in [-0.2, -0.15) is 0 Å². The third-order valence-electron chi connectivity index (χ3n) is 7.63. The molecular weight excluding hydrogens is 294 g/mol. The zero-order valence-corrected chi connectivity index (χ0v) is 15.4. The summed E-state index contributed by atoms with van der Waals surface area (Å²) in [6, 6.07) is 6.87. The molecule has 0 aromatic heterocycles. The lowest BCUT2D eigenvalue weighted by Gasteiger charge is -2.51. The molecule has 4 rings (SSSR count). The maximum Gasteiger partial charge on any atom is 0.115 e. The highest BCUT2D eigenvalue weighted by atomic mass is 16.3. The molecule has 0 aliphatic heterocycles. The summed E-state index contributed by atoms with van der Waals surface area (Å²) < 4.78 is 0. The third kappa shape index (κ3) is 2.58. The zero-order chi connectivity index (χ0) is 16.7. The van der Waals surface area contributed by atoms with Gasteiger partial charge < -0.3 is 10.4 Å². The molecule has 2 nitrogen and oxygen atoms in total. The smallest absolute Gasteiger partial charge is 0.115 e. The molecule has 5 atom stereocenters. The Morgan fingerprint density at radius 2 is 2.08 bits per heavy atom. The number of unbranched alkanes of at least 4 members (excludes halogenated alkanes) is 1. The number of fused-ring (bicyclic) bond motifs is 5. The minimum absolute atomic E-state index is 0.439. The fourth-order valence-electron chi connectivity index (χ4n) is 6.36. The Labute approximate surface area is 147 Å². The molecule has 0 bridgehead atoms. The molecule has 0 heterocycles. The molecule has 2 heteroatoms. The maximum absolute atomic E-state index is 9.80. The minimum Gasteiger partial charge on any atom is -0.508 e. The van der Waals surface area contributed by atoms with E-state index in [4.69, 9.17) is 0 Å². The number of hydrogen-bond donors (Lipinski definition) is 2. The summed E-state index contributed by atoms with van der Waals surface area (Å²) in [4.78, 5) is 0. The second-order valence-corrected chi connectivity index (χ2v) is 8.78. The van der Waals surface area contributed by atoms with E-state index in [1.165, 1.54) is 57.1 Å². The first-order valence-electron chi connectivity index (χ1n) is 10.2. The molecule has 0 radical (unpaired) electrons. The van der Waals surface area contributed by atoms with Crippen molar-refractivity contribution >= 4 is 0 Å². The second-order valence-electron chi connectivity index (χ2n) is 8.78. The van der Waals surface area contributed by atoms with Gasteiger partial charge in [0.2, 0.25) is 0 Å². The van der Waals surface area contributed by atoms with Gasteiger partial charge in [-0.25, -0.2) is 0 Å². The molecule has 2 fully saturated rings. The van der Waals surface area contributed by atoms with Crippen LogP contribution >= 0.6 is 0 Å². The van der Waals surface area contributed by atoms with E-state index in [9.17, 15) is 5.11 Å². The summed E-state index contributed by atoms with van der Waals surface area (Å²) in [5.41, 5.74) is 3.47. The minimum atomic E-state index is 0.439. The number of nitrogens with one attached hydrogen (secondary N) is 1. The summed E-state index contributed by atoms with van der Waals surface area (Å²) >= 11 is 0. The standard InChI is InChI=1S/C22H33NO/c1-3-4-13-23-21-10-9-20-19-7-5-15-14-16(24)6-8-17(15)18(19)11-12-22(20,21)2/h6,8,14,18-21,23-24H,3-5,7,9-13H2,1-2H3/t18-,19-,20+,21+,22+/m1/s1. The Kier molecular flexibility index (Phi) is 4.36. The van der Waals surface area contributed by atoms with Gasteiger partial charge in [-0.1, -0.05) is 26.3 Å². The summed E-state index contributed by atoms with van der Waals surface area (Å²) in [5, 5.41) is 13.7. The van der Waals surface area contributed by atoms with Gasteiger partial charge >= 0.3 is 0 Å². The van der Waals surface area contributed by atoms with Crippen molar-refractivity contribution in [1.82, 2.24) is 5.32 Å². The molecule has 132 valence electrons. The van der Waals surface area contributed by atoms with Gasteiger partial charge in [-0.3, -0.25) is 0 Å². The molecule has 0 saturated heterocycles. The topological polar surface area (TPSA) is 32.3 Å². The lowest BCUT2D eigenvalue weighted by atomic mass is 9.55. The van der Waals surface area contributed by atoms with Crippen molar-refractivity contribution in [3.63, 3.8) is 0 Å². The van der Waals surface area contributed by atoms with Crippen LogP contribution in [0.15, 0.2) is 18.2 Å². The molecule has 0 spiro atoms. The van der Waals surface area contributed by atoms with Crippen LogP contribution in [0.2, 0.25) is 0 Å². The Bertz CT molecular complexity index is 598. The SMILES string of the molecule is CCCCN[C@H]1CC[C@H]2[C@@H]3CCc4cc(O)ccc4[C@H]3CC[C@]12C. The lowest BCUT2D eigenvalue weighted by Crippen LogP contribution is -2.48. The van der Waals surface area contributed by atoms with E-state index in [1.54, 1.807) is 5.56 Å². The summed E-state index contributed by atoms with van der Waals surface area (Å²) in [6.07, 6.45) is 10.6. The Morgan fingerprint density at radius 1 is 1.21 bits per heavy atom. The molecule has 1 aromatic carbocycles. The van der Waals surface area contributed by atoms with Crippen LogP contribution in [0.3, 0.4) is 0 Å². The van der Waals surface area contributed by atoms with Crippen molar-refractivity contribution in [2.45, 2.75) is 77.2 Å². The largest absolute Gasteiger partial charge is 0.508 e. The van der Waals surface area contributed by atoms with Gasteiger partial charge in [-0.05, 0) is 97.9 Å². The highest BCUT2D eigenvalue weighted by molar-refractivity contribution is 5.40. The molecule has 1 aromatic rings. The van der Waals surface area contributed by atoms with Crippen molar-refractivity contribution < 1.29 is 5.11 Å². The third-order valence-corrected chi connectivity index (χ3v) is 7.63. The first-order valence-corrected chi connectivity index (χ1v) is 10.2. The quantitative estimate of drug-likeness (QED) is 0.762. The monoisotopic (exact) mass is 327 g/mol. The highest BCUT2D eigenvalue weighted by Gasteiger charge is 2.54. The van der Waals surface area contributed by atoms with Crippen LogP contribution in [0.5, 0.6) is 5.75 Å². The van der Waals surface area contributed by atoms with E-state index >= 15 is 0 Å². The first-order chi connectivity index (χ1) is 11.6. The van der Waals surface area contributed by atoms with Gasteiger partial charge in [0.25, 0.3) is 0 Å². The maximum atomic E-state index is 9.80. The molecule has 3 aliphatic rings. The predicted octanol–water partition coefficient (Wildman–Crippen LogP) is 5.01. The van der Waals surface area contributed by atoms with Crippen LogP contribution < -0.4 is 5.32 Å². The zero-order valence-electron chi connectivity index (χ0n) is 15.4. The number of benzene rings is 1. The normalized spacial score (nSPS) is 37.6. The average Bonchev–Trinajstić information content (AvgIpc) is 2.91. The fourth-order valence-corrected chi connectivity index (χ4v) is 6.36. The second kappa shape index (κ2) is 6.37. The van der Waals surface area contributed by atoms with E-state index in [0.717, 1.165) is 30.2 Å². The summed E-state index contributed by atoms with van der Waals surface area (Å²) in [6.45, 7) is 6.06. The van der Waals surface area contributed by atoms with E-state index in [-0.39, 0.29) is 0 Å². The van der Waals surface area contributed by atoms with Gasteiger partial charge in [-0.15, -0.1) is 0 Å². The Morgan fingerprint density at radius 3 is 2.92 bits per heavy atom. The molecular formula is C22H33NO. The Balaban J connectivity index is 1.54. The molecule has 24 heavy (non-hydrogen) atoms. The molecule has 0 unspecified atom stereocenters. The lowest BCUT2D eigenvalue weighted by molar-refractivity contribution is 0.0412. The van der Waals surface area contributed by atoms with Crippen molar-refractivity contribution in [2.24, 2.45) is 17.3 Å². The molecule has 2 saturated carbocycles. The van der Waals surface area contributed by atoms with Gasteiger partial charge in [0.05, 0.1) is 0 Å². The number of phenols is 1. The number of hydrogen-bond acceptors (Lipinski definition) is 2. The van der Waals surface area contributed by atoms with Crippen LogP contribution in [-0.2, 0) is 6.42 Å². The van der Waals surface area contributed by atoms with Crippen molar-refractivity contribution in [3.05, 3.63) is 29.3 Å². The van der Waals surface area contributed by atoms with E-state index in [1.807, 2.05) is 12.1 Å². The van der Waals surface area contributed by atoms with E-state index in [2.05, 4.69) is 25.2 Å². The average molecular weight is 328 g/mol. The van der Waals surface area contributed by atoms with Gasteiger partial charge in [0, 0.05) is 6.04 Å². The molecule has 3 aliphatic carbocycles. The van der Waals surface area contributed by atoms with Crippen LogP contribution in [0.25, 0.3) is 0 Å². The van der Waals surface area contributed by atoms with Crippen molar-refractivity contribution in [1.29, 1.82) is 0 Å².